The Morgan fingerprint density at radius 3 is 2.45 bits per heavy atom. The molecule has 1 fully saturated rings. The van der Waals surface area contributed by atoms with Crippen molar-refractivity contribution in [2.75, 3.05) is 59.0 Å². The first-order chi connectivity index (χ1) is 14.6. The van der Waals surface area contributed by atoms with Crippen LogP contribution in [-0.2, 0) is 10.0 Å². The zero-order valence-electron chi connectivity index (χ0n) is 17.4. The van der Waals surface area contributed by atoms with E-state index in [2.05, 4.69) is 11.8 Å². The van der Waals surface area contributed by atoms with Crippen molar-refractivity contribution in [3.63, 3.8) is 0 Å². The van der Waals surface area contributed by atoms with E-state index in [-0.39, 0.29) is 11.3 Å². The molecule has 1 aromatic heterocycles. The van der Waals surface area contributed by atoms with Crippen LogP contribution in [0.15, 0.2) is 10.3 Å². The number of benzene rings is 1. The second kappa shape index (κ2) is 9.59. The number of likely N-dealkylation sites (N-methyl/N-ethyl adjacent to an activating group) is 1. The van der Waals surface area contributed by atoms with E-state index < -0.39 is 42.8 Å². The summed E-state index contributed by atoms with van der Waals surface area (Å²) in [7, 11) is -4.17. The molecular weight excluding hydrogens is 453 g/mol. The summed E-state index contributed by atoms with van der Waals surface area (Å²) in [5, 5.41) is 4.56. The number of rotatable bonds is 9. The van der Waals surface area contributed by atoms with Gasteiger partial charge in [-0.05, 0) is 32.5 Å². The van der Waals surface area contributed by atoms with Crippen molar-refractivity contribution in [1.29, 1.82) is 0 Å². The molecule has 0 aliphatic carbocycles. The molecule has 0 radical (unpaired) electrons. The van der Waals surface area contributed by atoms with Gasteiger partial charge in [0, 0.05) is 18.5 Å². The molecule has 3 rings (SSSR count). The fourth-order valence-electron chi connectivity index (χ4n) is 3.89. The monoisotopic (exact) mass is 481 g/mol. The molecule has 0 atom stereocenters. The zero-order chi connectivity index (χ0) is 22.8. The van der Waals surface area contributed by atoms with Crippen LogP contribution in [0.4, 0.5) is 13.2 Å². The molecule has 31 heavy (non-hydrogen) atoms. The maximum atomic E-state index is 14.8. The first-order valence-corrected chi connectivity index (χ1v) is 12.5. The lowest BCUT2D eigenvalue weighted by molar-refractivity contribution is -0.930. The van der Waals surface area contributed by atoms with Gasteiger partial charge in [-0.3, -0.25) is 4.90 Å². The number of hydrogen-bond acceptors (Lipinski definition) is 6. The summed E-state index contributed by atoms with van der Waals surface area (Å²) in [6, 6.07) is 0.835. The van der Waals surface area contributed by atoms with Crippen molar-refractivity contribution in [2.45, 2.75) is 17.6 Å². The van der Waals surface area contributed by atoms with Crippen molar-refractivity contribution in [2.24, 2.45) is 10.9 Å². The predicted octanol–water partition coefficient (Wildman–Crippen LogP) is 1.85. The van der Waals surface area contributed by atoms with E-state index in [1.807, 2.05) is 0 Å². The Morgan fingerprint density at radius 1 is 1.19 bits per heavy atom. The maximum absolute atomic E-state index is 14.8. The Hall–Kier alpha value is -1.44. The van der Waals surface area contributed by atoms with Gasteiger partial charge in [-0.1, -0.05) is 0 Å². The quantitative estimate of drug-likeness (QED) is 0.421. The fraction of sp³-hybridized carbons (Fsp3) is 0.579. The summed E-state index contributed by atoms with van der Waals surface area (Å²) >= 11 is 0.447. The average Bonchev–Trinajstić information content (AvgIpc) is 3.20. The Balaban J connectivity index is 1.73. The second-order valence-corrected chi connectivity index (χ2v) is 10.6. The molecule has 0 bridgehead atoms. The first kappa shape index (κ1) is 24.2. The molecule has 0 spiro atoms. The summed E-state index contributed by atoms with van der Waals surface area (Å²) in [6.07, 6.45) is 0.942. The Morgan fingerprint density at radius 2 is 1.87 bits per heavy atom. The van der Waals surface area contributed by atoms with Gasteiger partial charge in [0.05, 0.1) is 24.3 Å². The number of nitrogens with zero attached hydrogens (tertiary/aromatic N) is 2. The van der Waals surface area contributed by atoms with Crippen LogP contribution in [0.2, 0.25) is 0 Å². The summed E-state index contributed by atoms with van der Waals surface area (Å²) in [5.74, 6) is -4.78. The highest BCUT2D eigenvalue weighted by Crippen LogP contribution is 2.38. The SMILES string of the molecule is CC[N+]1(CCOc2c(F)c(F)c3cc(S(N)(=O)=O)sc3c2F)CCN(CCCN)CC1. The standard InChI is InChI=1S/C19H28F3N4O3S2/c1-2-26(8-6-25(7-9-26)5-3-4-23)10-11-29-18-16(21)15(20)13-12-14(31(24,27)28)30-19(13)17(18)22/h12H,2-11,23H2,1H3,(H2,24,27,28)/q+1. The minimum atomic E-state index is -4.17. The van der Waals surface area contributed by atoms with Gasteiger partial charge in [0.15, 0.2) is 17.4 Å². The Bertz CT molecular complexity index is 1040. The van der Waals surface area contributed by atoms with Gasteiger partial charge in [-0.2, -0.15) is 4.39 Å². The lowest BCUT2D eigenvalue weighted by Crippen LogP contribution is -2.60. The van der Waals surface area contributed by atoms with Crippen molar-refractivity contribution in [3.8, 4) is 5.75 Å². The number of fused-ring (bicyclic) bond motifs is 1. The van der Waals surface area contributed by atoms with E-state index in [4.69, 9.17) is 15.6 Å². The molecule has 12 heteroatoms. The molecule has 7 nitrogen and oxygen atoms in total. The number of thiophene rings is 1. The zero-order valence-corrected chi connectivity index (χ0v) is 19.0. The van der Waals surface area contributed by atoms with Gasteiger partial charge in [0.1, 0.15) is 17.4 Å². The number of halogens is 3. The smallest absolute Gasteiger partial charge is 0.247 e. The maximum Gasteiger partial charge on any atom is 0.247 e. The molecule has 174 valence electrons. The van der Waals surface area contributed by atoms with Gasteiger partial charge in [-0.25, -0.2) is 22.3 Å². The van der Waals surface area contributed by atoms with Crippen molar-refractivity contribution in [1.82, 2.24) is 4.90 Å². The molecule has 1 aliphatic rings. The summed E-state index contributed by atoms with van der Waals surface area (Å²) in [4.78, 5) is 2.35. The minimum Gasteiger partial charge on any atom is -0.481 e. The van der Waals surface area contributed by atoms with Crippen LogP contribution >= 0.6 is 11.3 Å². The third kappa shape index (κ3) is 5.15. The van der Waals surface area contributed by atoms with Crippen molar-refractivity contribution >= 4 is 31.4 Å². The fourth-order valence-corrected chi connectivity index (χ4v) is 5.70. The van der Waals surface area contributed by atoms with E-state index in [1.165, 1.54) is 0 Å². The van der Waals surface area contributed by atoms with Gasteiger partial charge in [0.2, 0.25) is 15.8 Å². The number of quaternary nitrogens is 1. The minimum absolute atomic E-state index is 0.00282. The van der Waals surface area contributed by atoms with Crippen LogP contribution in [-0.4, -0.2) is 76.8 Å². The number of ether oxygens (including phenoxy) is 1. The molecule has 0 saturated carbocycles. The number of nitrogens with two attached hydrogens (primary N) is 2. The van der Waals surface area contributed by atoms with Crippen LogP contribution in [0.1, 0.15) is 13.3 Å². The molecule has 4 N–H and O–H groups in total. The third-order valence-electron chi connectivity index (χ3n) is 5.96. The van der Waals surface area contributed by atoms with Crippen LogP contribution in [0.5, 0.6) is 5.75 Å². The third-order valence-corrected chi connectivity index (χ3v) is 8.51. The average molecular weight is 482 g/mol. The van der Waals surface area contributed by atoms with E-state index in [0.29, 0.717) is 24.4 Å². The van der Waals surface area contributed by atoms with Gasteiger partial charge in [-0.15, -0.1) is 11.3 Å². The van der Waals surface area contributed by atoms with Crippen LogP contribution in [0, 0.1) is 17.5 Å². The highest BCUT2D eigenvalue weighted by Gasteiger charge is 2.32. The summed E-state index contributed by atoms with van der Waals surface area (Å²) in [5.41, 5.74) is 5.57. The predicted molar refractivity (Wildman–Crippen MR) is 114 cm³/mol. The normalized spacial score (nSPS) is 17.4. The number of hydrogen-bond donors (Lipinski definition) is 2. The molecule has 0 unspecified atom stereocenters. The molecule has 0 amide bonds. The van der Waals surface area contributed by atoms with Crippen LogP contribution < -0.4 is 15.6 Å². The number of piperazine rings is 1. The summed E-state index contributed by atoms with van der Waals surface area (Å²) in [6.45, 7) is 8.60. The van der Waals surface area contributed by atoms with Crippen LogP contribution in [0.25, 0.3) is 10.1 Å². The molecule has 2 aromatic rings. The van der Waals surface area contributed by atoms with E-state index >= 15 is 0 Å². The van der Waals surface area contributed by atoms with Crippen molar-refractivity contribution in [3.05, 3.63) is 23.5 Å². The first-order valence-electron chi connectivity index (χ1n) is 10.1. The molecule has 1 aromatic carbocycles. The Kier molecular flexibility index (Phi) is 7.49. The lowest BCUT2D eigenvalue weighted by Gasteiger charge is -2.44. The number of primary sulfonamides is 1. The largest absolute Gasteiger partial charge is 0.481 e. The van der Waals surface area contributed by atoms with E-state index in [9.17, 15) is 21.6 Å². The van der Waals surface area contributed by atoms with Gasteiger partial charge < -0.3 is 15.0 Å². The van der Waals surface area contributed by atoms with E-state index in [0.717, 1.165) is 56.2 Å². The number of sulfonamides is 1. The summed E-state index contributed by atoms with van der Waals surface area (Å²) < 4.78 is 72.1. The van der Waals surface area contributed by atoms with E-state index in [1.54, 1.807) is 0 Å². The second-order valence-electron chi connectivity index (χ2n) is 7.79. The molecule has 1 aliphatic heterocycles. The van der Waals surface area contributed by atoms with Gasteiger partial charge >= 0.3 is 0 Å². The topological polar surface area (TPSA) is 98.6 Å². The van der Waals surface area contributed by atoms with Gasteiger partial charge in [0.25, 0.3) is 0 Å². The molecule has 1 saturated heterocycles. The molecular formula is C19H28F3N4O3S2+. The highest BCUT2D eigenvalue weighted by molar-refractivity contribution is 7.91. The molecule has 2 heterocycles. The van der Waals surface area contributed by atoms with Crippen LogP contribution in [0.3, 0.4) is 0 Å². The highest BCUT2D eigenvalue weighted by atomic mass is 32.2. The van der Waals surface area contributed by atoms with Crippen molar-refractivity contribution < 1.29 is 30.8 Å². The lowest BCUT2D eigenvalue weighted by atomic mass is 10.2. The Labute approximate surface area is 184 Å².